The van der Waals surface area contributed by atoms with Crippen molar-refractivity contribution in [2.75, 3.05) is 52.4 Å². The molecule has 0 N–H and O–H groups in total. The van der Waals surface area contributed by atoms with Crippen molar-refractivity contribution in [1.29, 1.82) is 0 Å². The Morgan fingerprint density at radius 3 is 0.600 bits per heavy atom. The summed E-state index contributed by atoms with van der Waals surface area (Å²) in [5.41, 5.74) is 0. The third-order valence-electron chi connectivity index (χ3n) is 5.80. The molecule has 0 fully saturated rings. The normalized spacial score (nSPS) is 14.2. The van der Waals surface area contributed by atoms with Gasteiger partial charge in [-0.15, -0.1) is 0 Å². The molecule has 0 saturated heterocycles. The van der Waals surface area contributed by atoms with Gasteiger partial charge in [0.05, 0.1) is 0 Å². The monoisotopic (exact) mass is 558 g/mol. The third-order valence-corrected chi connectivity index (χ3v) is 18.6. The average Bonchev–Trinajstić information content (AvgIpc) is 2.73. The number of halogens is 1. The number of hydrogen-bond acceptors (Lipinski definition) is 4. The van der Waals surface area contributed by atoms with Crippen LogP contribution in [-0.2, 0) is 0 Å². The summed E-state index contributed by atoms with van der Waals surface area (Å²) < 4.78 is 12.0. The summed E-state index contributed by atoms with van der Waals surface area (Å²) >= 11 is 3.08. The van der Waals surface area contributed by atoms with Crippen molar-refractivity contribution in [2.24, 2.45) is 0 Å². The van der Waals surface area contributed by atoms with E-state index >= 15 is 0 Å². The molecule has 0 unspecified atom stereocenters. The molecule has 0 spiro atoms. The van der Waals surface area contributed by atoms with Crippen LogP contribution < -0.4 is 0 Å². The maximum absolute atomic E-state index is 3.08. The van der Waals surface area contributed by atoms with Crippen molar-refractivity contribution in [3.8, 4) is 0 Å². The van der Waals surface area contributed by atoms with Crippen LogP contribution in [0.4, 0.5) is 0 Å². The second kappa shape index (κ2) is 16.6. The van der Waals surface area contributed by atoms with Crippen LogP contribution in [0.3, 0.4) is 0 Å². The van der Waals surface area contributed by atoms with E-state index in [2.05, 4.69) is 96.1 Å². The van der Waals surface area contributed by atoms with Crippen molar-refractivity contribution in [3.63, 3.8) is 0 Å². The summed E-state index contributed by atoms with van der Waals surface area (Å²) in [4.78, 5) is -2.70. The molecule has 0 aromatic heterocycles. The van der Waals surface area contributed by atoms with Crippen LogP contribution in [-0.4, -0.2) is 71.0 Å². The zero-order chi connectivity index (χ0) is 23.1. The zero-order valence-corrected chi connectivity index (χ0v) is 25.0. The number of hydrogen-bond donors (Lipinski definition) is 0. The number of rotatable bonds is 20. The van der Waals surface area contributed by atoms with Crippen LogP contribution in [0.25, 0.3) is 0 Å². The summed E-state index contributed by atoms with van der Waals surface area (Å²) in [6.07, 6.45) is 9.82. The van der Waals surface area contributed by atoms with Gasteiger partial charge < -0.3 is 0 Å². The minimum absolute atomic E-state index is 1.20. The molecule has 0 bridgehead atoms. The molecular formula is C24H56IN4P. The molecule has 0 aliphatic heterocycles. The molecule has 0 amide bonds. The molecule has 0 rings (SSSR count). The summed E-state index contributed by atoms with van der Waals surface area (Å²) in [6, 6.07) is 0. The van der Waals surface area contributed by atoms with Crippen molar-refractivity contribution >= 4 is 26.9 Å². The molecule has 4 nitrogen and oxygen atoms in total. The molecule has 0 aromatic rings. The van der Waals surface area contributed by atoms with Gasteiger partial charge >= 0.3 is 205 Å². The van der Waals surface area contributed by atoms with Gasteiger partial charge in [-0.2, -0.15) is 0 Å². The van der Waals surface area contributed by atoms with Gasteiger partial charge in [0, 0.05) is 0 Å². The fourth-order valence-electron chi connectivity index (χ4n) is 4.96. The summed E-state index contributed by atoms with van der Waals surface area (Å²) in [6.45, 7) is 28.6. The Bertz CT molecular complexity index is 325. The Morgan fingerprint density at radius 1 is 0.367 bits per heavy atom. The van der Waals surface area contributed by atoms with E-state index in [9.17, 15) is 0 Å². The van der Waals surface area contributed by atoms with Crippen LogP contribution in [0, 0.1) is 0 Å². The van der Waals surface area contributed by atoms with E-state index in [0.717, 1.165) is 0 Å². The van der Waals surface area contributed by atoms with E-state index in [1.54, 1.807) is 0 Å². The first kappa shape index (κ1) is 31.0. The van der Waals surface area contributed by atoms with Gasteiger partial charge in [-0.1, -0.05) is 0 Å². The Morgan fingerprint density at radius 2 is 0.500 bits per heavy atom. The van der Waals surface area contributed by atoms with Crippen LogP contribution in [0.2, 0.25) is 0 Å². The zero-order valence-electron chi connectivity index (χ0n) is 21.9. The Labute approximate surface area is 204 Å². The fraction of sp³-hybridized carbons (Fsp3) is 1.00. The molecule has 0 heterocycles. The number of nitrogens with zero attached hydrogens (tertiary/aromatic N) is 4. The molecular weight excluding hydrogens is 502 g/mol. The van der Waals surface area contributed by atoms with Gasteiger partial charge in [0.25, 0.3) is 0 Å². The van der Waals surface area contributed by atoms with Crippen LogP contribution in [0.5, 0.6) is 0 Å². The average molecular weight is 559 g/mol. The maximum atomic E-state index is 3.08. The fourth-order valence-corrected chi connectivity index (χ4v) is 16.6. The van der Waals surface area contributed by atoms with E-state index < -0.39 is 4.85 Å². The molecule has 0 aliphatic rings. The summed E-state index contributed by atoms with van der Waals surface area (Å²) in [7, 11) is 0. The van der Waals surface area contributed by atoms with Crippen molar-refractivity contribution in [2.45, 2.75) is 107 Å². The van der Waals surface area contributed by atoms with Gasteiger partial charge in [0.1, 0.15) is 0 Å². The Hall–Kier alpha value is 1.00. The SMILES string of the molecule is CCCN(CCC)P(I)(N(CCC)CCC)(N(CCC)CCC)N(CCC)CCC. The molecule has 0 radical (unpaired) electrons. The first-order chi connectivity index (χ1) is 14.4. The van der Waals surface area contributed by atoms with Gasteiger partial charge in [-0.05, 0) is 0 Å². The molecule has 0 atom stereocenters. The van der Waals surface area contributed by atoms with E-state index in [-0.39, 0.29) is 0 Å². The predicted molar refractivity (Wildman–Crippen MR) is 150 cm³/mol. The molecule has 30 heavy (non-hydrogen) atoms. The van der Waals surface area contributed by atoms with Crippen molar-refractivity contribution in [3.05, 3.63) is 0 Å². The van der Waals surface area contributed by atoms with E-state index in [1.165, 1.54) is 104 Å². The second-order valence-corrected chi connectivity index (χ2v) is 17.8. The predicted octanol–water partition coefficient (Wildman–Crippen LogP) is 8.04. The Kier molecular flexibility index (Phi) is 17.1. The topological polar surface area (TPSA) is 13.0 Å². The van der Waals surface area contributed by atoms with E-state index in [0.29, 0.717) is 0 Å². The third kappa shape index (κ3) is 7.00. The van der Waals surface area contributed by atoms with Gasteiger partial charge in [-0.3, -0.25) is 0 Å². The Balaban J connectivity index is 7.19. The minimum atomic E-state index is -2.70. The van der Waals surface area contributed by atoms with Crippen LogP contribution >= 0.6 is 26.9 Å². The standard InChI is InChI=1S/C24H56IN4P/c1-9-17-26(18-10-2)30(25,27(19-11-3)20-12-4,28(21-13-5)22-14-6)29(23-15-7)24-16-8/h9-24H2,1-8H3. The quantitative estimate of drug-likeness (QED) is 0.111. The summed E-state index contributed by atoms with van der Waals surface area (Å²) in [5, 5.41) is 0. The summed E-state index contributed by atoms with van der Waals surface area (Å²) in [5.74, 6) is 0. The van der Waals surface area contributed by atoms with Crippen molar-refractivity contribution < 1.29 is 0 Å². The van der Waals surface area contributed by atoms with Gasteiger partial charge in [-0.25, -0.2) is 0 Å². The van der Waals surface area contributed by atoms with E-state index in [4.69, 9.17) is 0 Å². The molecule has 0 saturated carbocycles. The van der Waals surface area contributed by atoms with Crippen LogP contribution in [0.15, 0.2) is 0 Å². The molecule has 184 valence electrons. The van der Waals surface area contributed by atoms with Gasteiger partial charge in [0.2, 0.25) is 0 Å². The first-order valence-electron chi connectivity index (χ1n) is 13.2. The second-order valence-electron chi connectivity index (χ2n) is 8.65. The van der Waals surface area contributed by atoms with Crippen molar-refractivity contribution in [1.82, 2.24) is 18.7 Å². The molecule has 0 aromatic carbocycles. The molecule has 6 heteroatoms. The van der Waals surface area contributed by atoms with Gasteiger partial charge in [0.15, 0.2) is 0 Å². The first-order valence-corrected chi connectivity index (χ1v) is 18.0. The van der Waals surface area contributed by atoms with E-state index in [1.807, 2.05) is 0 Å². The van der Waals surface area contributed by atoms with Crippen LogP contribution in [0.1, 0.15) is 107 Å². The molecule has 0 aliphatic carbocycles.